The molecule has 0 aliphatic heterocycles. The van der Waals surface area contributed by atoms with Crippen LogP contribution in [0.1, 0.15) is 41.7 Å². The van der Waals surface area contributed by atoms with E-state index in [1.165, 1.54) is 14.0 Å². The molecule has 2 atom stereocenters. The predicted molar refractivity (Wildman–Crippen MR) is 72.9 cm³/mol. The molecule has 8 heteroatoms. The third kappa shape index (κ3) is 7.96. The van der Waals surface area contributed by atoms with Crippen molar-refractivity contribution in [3.63, 3.8) is 0 Å². The summed E-state index contributed by atoms with van der Waals surface area (Å²) in [7, 11) is 1.24. The monoisotopic (exact) mass is 306 g/mol. The van der Waals surface area contributed by atoms with Gasteiger partial charge in [-0.15, -0.1) is 0 Å². The lowest BCUT2D eigenvalue weighted by atomic mass is 10.1. The van der Waals surface area contributed by atoms with E-state index in [1.807, 2.05) is 0 Å². The highest BCUT2D eigenvalue weighted by Crippen LogP contribution is 2.04. The number of carbonyl (C=O) groups excluding carboxylic acids is 3. The minimum absolute atomic E-state index is 0.319. The first-order chi connectivity index (χ1) is 12.2. The van der Waals surface area contributed by atoms with Gasteiger partial charge in [-0.1, -0.05) is 0 Å². The van der Waals surface area contributed by atoms with Crippen molar-refractivity contribution in [2.75, 3.05) is 7.11 Å². The molecule has 0 bridgehead atoms. The van der Waals surface area contributed by atoms with Gasteiger partial charge in [0.15, 0.2) is 0 Å². The summed E-state index contributed by atoms with van der Waals surface area (Å²) in [4.78, 5) is 38.5. The first-order valence-corrected chi connectivity index (χ1v) is 6.00. The van der Waals surface area contributed by atoms with E-state index >= 15 is 0 Å². The lowest BCUT2D eigenvalue weighted by Gasteiger charge is -2.20. The number of ether oxygens (including phenoxy) is 2. The van der Waals surface area contributed by atoms with Crippen molar-refractivity contribution in [3.8, 4) is 0 Å². The quantitative estimate of drug-likeness (QED) is 0.271. The maximum atomic E-state index is 12.3. The van der Waals surface area contributed by atoms with Crippen molar-refractivity contribution in [2.45, 2.75) is 51.7 Å². The number of amides is 1. The summed E-state index contributed by atoms with van der Waals surface area (Å²) < 4.78 is 52.9. The fraction of sp³-hybridized carbons (Fsp3) is 0.692. The van der Waals surface area contributed by atoms with Crippen molar-refractivity contribution in [2.24, 2.45) is 0 Å². The summed E-state index contributed by atoms with van der Waals surface area (Å²) in [6, 6.07) is -1.50. The minimum Gasteiger partial charge on any atom is -0.461 e. The molecular weight excluding hydrogens is 278 g/mol. The second kappa shape index (κ2) is 9.79. The smallest absolute Gasteiger partial charge is 0.372 e. The van der Waals surface area contributed by atoms with Gasteiger partial charge in [0, 0.05) is 21.8 Å². The van der Waals surface area contributed by atoms with Crippen LogP contribution in [0.15, 0.2) is 0 Å². The largest absolute Gasteiger partial charge is 0.461 e. The normalized spacial score (nSPS) is 18.4. The van der Waals surface area contributed by atoms with Crippen molar-refractivity contribution >= 4 is 23.9 Å². The Hall–Kier alpha value is -2.05. The Bertz CT molecular complexity index is 586. The molecule has 8 nitrogen and oxygen atoms in total. The van der Waals surface area contributed by atoms with Gasteiger partial charge in [-0.25, -0.2) is 4.79 Å². The van der Waals surface area contributed by atoms with E-state index in [0.717, 1.165) is 0 Å². The van der Waals surface area contributed by atoms with Gasteiger partial charge in [-0.3, -0.25) is 9.59 Å². The van der Waals surface area contributed by atoms with E-state index in [1.54, 1.807) is 0 Å². The molecular formula is C13H22N3O5+. The van der Waals surface area contributed by atoms with Crippen molar-refractivity contribution in [1.29, 1.82) is 5.53 Å². The molecule has 0 spiro atoms. The standard InChI is InChI=1S/C13H21N3O5/c1-8(2)21-13(19)11(6-5-10(17)7-15-14)16-12(18)9(3)20-4/h7-9,11,14H,5-6H2,1-4H3/p+1/t9-,11-/m0/s1/i1D3,2D3. The first-order valence-electron chi connectivity index (χ1n) is 9.00. The minimum atomic E-state index is -3.12. The third-order valence-corrected chi connectivity index (χ3v) is 2.45. The Labute approximate surface area is 131 Å². The predicted octanol–water partition coefficient (Wildman–Crippen LogP) is 0.117. The van der Waals surface area contributed by atoms with Gasteiger partial charge in [0.25, 0.3) is 0 Å². The Balaban J connectivity index is 5.43. The van der Waals surface area contributed by atoms with Crippen LogP contribution in [-0.2, 0) is 23.9 Å². The van der Waals surface area contributed by atoms with Gasteiger partial charge in [-0.05, 0) is 27.0 Å². The summed E-state index contributed by atoms with van der Waals surface area (Å²) in [5.74, 6) is -2.69. The highest BCUT2D eigenvalue weighted by atomic mass is 16.5. The maximum Gasteiger partial charge on any atom is 0.372 e. The SMILES string of the molecule is [2H]C([2H])([2H])C(OC(=O)[C@H](CCC(=O)C=[N+]=N)NC(=O)[C@H](C)OC)C([2H])([2H])[2H]. The van der Waals surface area contributed by atoms with Crippen LogP contribution in [0.25, 0.3) is 0 Å². The molecule has 0 heterocycles. The van der Waals surface area contributed by atoms with Gasteiger partial charge in [0.2, 0.25) is 11.7 Å². The summed E-state index contributed by atoms with van der Waals surface area (Å²) in [5, 5.41) is 2.22. The number of nitrogens with one attached hydrogen (secondary N) is 2. The lowest BCUT2D eigenvalue weighted by Crippen LogP contribution is -2.46. The molecule has 118 valence electrons. The second-order valence-corrected chi connectivity index (χ2v) is 4.02. The van der Waals surface area contributed by atoms with Crippen LogP contribution in [0.3, 0.4) is 0 Å². The van der Waals surface area contributed by atoms with Gasteiger partial charge in [0.05, 0.1) is 16.4 Å². The highest BCUT2D eigenvalue weighted by Gasteiger charge is 2.26. The average molecular weight is 306 g/mol. The number of carbonyl (C=O) groups is 3. The molecule has 0 saturated heterocycles. The second-order valence-electron chi connectivity index (χ2n) is 4.02. The molecule has 0 rings (SSSR count). The summed E-state index contributed by atoms with van der Waals surface area (Å²) in [6.07, 6.45) is -3.32. The number of rotatable bonds is 9. The number of ketones is 1. The molecule has 2 N–H and O–H groups in total. The molecule has 1 amide bonds. The molecule has 0 aliphatic carbocycles. The molecule has 0 unspecified atom stereocenters. The van der Waals surface area contributed by atoms with Crippen LogP contribution < -0.4 is 5.32 Å². The van der Waals surface area contributed by atoms with Crippen molar-refractivity contribution in [1.82, 2.24) is 5.32 Å². The topological polar surface area (TPSA) is 120 Å². The van der Waals surface area contributed by atoms with Crippen molar-refractivity contribution in [3.05, 3.63) is 0 Å². The number of hydrogen-bond donors (Lipinski definition) is 2. The zero-order valence-corrected chi connectivity index (χ0v) is 11.7. The molecule has 0 radical (unpaired) electrons. The number of Topliss-reactive ketones (excluding diaryl/α,β-unsaturated/α-hetero) is 1. The fourth-order valence-corrected chi connectivity index (χ4v) is 1.27. The Morgan fingerprint density at radius 1 is 1.43 bits per heavy atom. The number of methoxy groups -OCH3 is 1. The van der Waals surface area contributed by atoms with E-state index in [2.05, 4.69) is 14.8 Å². The fourth-order valence-electron chi connectivity index (χ4n) is 1.27. The molecule has 21 heavy (non-hydrogen) atoms. The van der Waals surface area contributed by atoms with Crippen LogP contribution in [-0.4, -0.2) is 54.0 Å². The van der Waals surface area contributed by atoms with E-state index < -0.39 is 49.6 Å². The number of esters is 1. The zero-order chi connectivity index (χ0) is 21.4. The Morgan fingerprint density at radius 2 is 2.10 bits per heavy atom. The molecule has 0 aliphatic rings. The van der Waals surface area contributed by atoms with E-state index in [4.69, 9.17) is 18.5 Å². The van der Waals surface area contributed by atoms with Crippen LogP contribution >= 0.6 is 0 Å². The van der Waals surface area contributed by atoms with E-state index in [9.17, 15) is 14.4 Å². The zero-order valence-electron chi connectivity index (χ0n) is 17.7. The van der Waals surface area contributed by atoms with Gasteiger partial charge >= 0.3 is 12.2 Å². The summed E-state index contributed by atoms with van der Waals surface area (Å²) in [5.41, 5.74) is 6.57. The molecule has 0 saturated carbocycles. The molecule has 0 aromatic rings. The number of hydrogen-bond acceptors (Lipinski definition) is 6. The van der Waals surface area contributed by atoms with Crippen LogP contribution in [0, 0.1) is 5.53 Å². The Kier molecular flexibility index (Phi) is 4.96. The van der Waals surface area contributed by atoms with E-state index in [0.29, 0.717) is 6.21 Å². The summed E-state index contributed by atoms with van der Waals surface area (Å²) in [6.45, 7) is -4.87. The lowest BCUT2D eigenvalue weighted by molar-refractivity contribution is -0.152. The Morgan fingerprint density at radius 3 is 2.62 bits per heavy atom. The molecule has 0 fully saturated rings. The van der Waals surface area contributed by atoms with Crippen molar-refractivity contribution < 1.29 is 36.9 Å². The van der Waals surface area contributed by atoms with Crippen LogP contribution in [0.5, 0.6) is 0 Å². The van der Waals surface area contributed by atoms with Crippen LogP contribution in [0.2, 0.25) is 0 Å². The van der Waals surface area contributed by atoms with E-state index in [-0.39, 0.29) is 12.8 Å². The first kappa shape index (κ1) is 10.6. The van der Waals surface area contributed by atoms with Gasteiger partial charge < -0.3 is 14.8 Å². The molecule has 0 aromatic heterocycles. The average Bonchev–Trinajstić information content (AvgIpc) is 2.53. The number of nitrogens with zero attached hydrogens (tertiary/aromatic N) is 1. The van der Waals surface area contributed by atoms with Crippen LogP contribution in [0.4, 0.5) is 0 Å². The molecule has 0 aromatic carbocycles. The third-order valence-electron chi connectivity index (χ3n) is 2.45. The maximum absolute atomic E-state index is 12.3. The summed E-state index contributed by atoms with van der Waals surface area (Å²) >= 11 is 0. The highest BCUT2D eigenvalue weighted by molar-refractivity contribution is 6.25. The van der Waals surface area contributed by atoms with Gasteiger partial charge in [-0.2, -0.15) is 0 Å². The van der Waals surface area contributed by atoms with Gasteiger partial charge in [0.1, 0.15) is 12.1 Å².